The summed E-state index contributed by atoms with van der Waals surface area (Å²) >= 11 is 0. The van der Waals surface area contributed by atoms with Gasteiger partial charge in [-0.1, -0.05) is 12.3 Å². The van der Waals surface area contributed by atoms with E-state index in [9.17, 15) is 14.0 Å². The average Bonchev–Trinajstić information content (AvgIpc) is 3.36. The lowest BCUT2D eigenvalue weighted by Crippen LogP contribution is -2.48. The molecule has 3 aliphatic heterocycles. The van der Waals surface area contributed by atoms with Crippen LogP contribution in [0.1, 0.15) is 32.1 Å². The Bertz CT molecular complexity index is 889. The third-order valence-corrected chi connectivity index (χ3v) is 5.99. The van der Waals surface area contributed by atoms with Gasteiger partial charge in [-0.15, -0.1) is 6.42 Å². The monoisotopic (exact) mass is 369 g/mol. The van der Waals surface area contributed by atoms with Crippen LogP contribution in [0, 0.1) is 18.2 Å². The predicted octanol–water partition coefficient (Wildman–Crippen LogP) is 1.88. The molecule has 6 nitrogen and oxygen atoms in total. The third kappa shape index (κ3) is 2.36. The van der Waals surface area contributed by atoms with Crippen LogP contribution < -0.4 is 14.5 Å². The molecule has 1 aromatic carbocycles. The Hall–Kier alpha value is -2.59. The molecule has 1 saturated carbocycles. The molecule has 1 spiro atoms. The Morgan fingerprint density at radius 2 is 2.07 bits per heavy atom. The van der Waals surface area contributed by atoms with Gasteiger partial charge in [-0.3, -0.25) is 24.3 Å². The molecule has 5 rings (SSSR count). The fourth-order valence-electron chi connectivity index (χ4n) is 4.39. The molecule has 27 heavy (non-hydrogen) atoms. The highest BCUT2D eigenvalue weighted by Gasteiger charge is 2.58. The Morgan fingerprint density at radius 3 is 2.78 bits per heavy atom. The van der Waals surface area contributed by atoms with Crippen LogP contribution in [0.3, 0.4) is 0 Å². The molecule has 0 aromatic heterocycles. The lowest BCUT2D eigenvalue weighted by Gasteiger charge is -2.34. The van der Waals surface area contributed by atoms with Gasteiger partial charge in [0.25, 0.3) is 5.91 Å². The van der Waals surface area contributed by atoms with Gasteiger partial charge in [0.1, 0.15) is 5.75 Å². The Morgan fingerprint density at radius 1 is 1.26 bits per heavy atom. The number of hydrogen-bond acceptors (Lipinski definition) is 4. The standard InChI is InChI=1S/C20H20FN3O3/c1-2-8-23-16-11-15(24-12-22-9-4-3-5-14(22)18(24)25)13(21)10-17(16)27-20(6-7-20)19(23)26/h1,10-11,14H,3-9,12H2. The van der Waals surface area contributed by atoms with Gasteiger partial charge < -0.3 is 4.74 Å². The maximum atomic E-state index is 14.9. The lowest BCUT2D eigenvalue weighted by molar-refractivity contribution is -0.128. The Labute approximate surface area is 156 Å². The van der Waals surface area contributed by atoms with E-state index >= 15 is 0 Å². The molecule has 0 N–H and O–H groups in total. The highest BCUT2D eigenvalue weighted by Crippen LogP contribution is 2.50. The number of anilines is 2. The summed E-state index contributed by atoms with van der Waals surface area (Å²) in [6, 6.07) is 2.64. The molecular weight excluding hydrogens is 349 g/mol. The fourth-order valence-corrected chi connectivity index (χ4v) is 4.39. The van der Waals surface area contributed by atoms with Gasteiger partial charge in [0.15, 0.2) is 11.4 Å². The largest absolute Gasteiger partial charge is 0.475 e. The normalized spacial score (nSPS) is 25.9. The van der Waals surface area contributed by atoms with Crippen molar-refractivity contribution in [3.63, 3.8) is 0 Å². The molecule has 1 unspecified atom stereocenters. The highest BCUT2D eigenvalue weighted by atomic mass is 19.1. The number of rotatable bonds is 2. The first-order valence-corrected chi connectivity index (χ1v) is 9.37. The summed E-state index contributed by atoms with van der Waals surface area (Å²) in [4.78, 5) is 30.6. The molecule has 1 atom stereocenters. The molecule has 4 aliphatic rings. The number of carbonyl (C=O) groups is 2. The minimum atomic E-state index is -0.887. The first kappa shape index (κ1) is 16.6. The molecule has 0 radical (unpaired) electrons. The van der Waals surface area contributed by atoms with Gasteiger partial charge >= 0.3 is 0 Å². The van der Waals surface area contributed by atoms with Gasteiger partial charge in [0.2, 0.25) is 5.91 Å². The van der Waals surface area contributed by atoms with Crippen molar-refractivity contribution in [1.82, 2.24) is 4.90 Å². The van der Waals surface area contributed by atoms with E-state index in [1.165, 1.54) is 21.9 Å². The summed E-state index contributed by atoms with van der Waals surface area (Å²) in [6.45, 7) is 1.30. The highest BCUT2D eigenvalue weighted by molar-refractivity contribution is 6.06. The minimum Gasteiger partial charge on any atom is -0.475 e. The van der Waals surface area contributed by atoms with Crippen LogP contribution >= 0.6 is 0 Å². The number of carbonyl (C=O) groups excluding carboxylic acids is 2. The van der Waals surface area contributed by atoms with E-state index in [1.807, 2.05) is 0 Å². The van der Waals surface area contributed by atoms with E-state index < -0.39 is 11.4 Å². The molecular formula is C20H20FN3O3. The number of fused-ring (bicyclic) bond motifs is 2. The van der Waals surface area contributed by atoms with Crippen molar-refractivity contribution in [2.45, 2.75) is 43.7 Å². The molecule has 0 bridgehead atoms. The zero-order valence-corrected chi connectivity index (χ0v) is 14.9. The van der Waals surface area contributed by atoms with Crippen LogP contribution in [0.25, 0.3) is 0 Å². The lowest BCUT2D eigenvalue weighted by atomic mass is 10.0. The summed E-state index contributed by atoms with van der Waals surface area (Å²) < 4.78 is 20.8. The molecule has 7 heteroatoms. The van der Waals surface area contributed by atoms with Crippen LogP contribution in [-0.4, -0.2) is 48.1 Å². The van der Waals surface area contributed by atoms with Crippen molar-refractivity contribution in [1.29, 1.82) is 0 Å². The Balaban J connectivity index is 1.55. The SMILES string of the molecule is C#CCN1C(=O)C2(CC2)Oc2cc(F)c(N3CN4CCCCC4C3=O)cc21. The van der Waals surface area contributed by atoms with E-state index in [0.717, 1.165) is 25.8 Å². The Kier molecular flexibility index (Phi) is 3.50. The molecule has 2 amide bonds. The quantitative estimate of drug-likeness (QED) is 0.747. The van der Waals surface area contributed by atoms with Crippen molar-refractivity contribution in [3.8, 4) is 18.1 Å². The summed E-state index contributed by atoms with van der Waals surface area (Å²) in [5, 5.41) is 0. The van der Waals surface area contributed by atoms with Gasteiger partial charge in [0.05, 0.1) is 30.6 Å². The topological polar surface area (TPSA) is 53.1 Å². The van der Waals surface area contributed by atoms with E-state index in [1.54, 1.807) is 0 Å². The molecule has 3 fully saturated rings. The number of benzene rings is 1. The smallest absolute Gasteiger partial charge is 0.272 e. The second kappa shape index (κ2) is 5.70. The first-order chi connectivity index (χ1) is 13.0. The number of piperidine rings is 1. The van der Waals surface area contributed by atoms with Crippen LogP contribution in [0.2, 0.25) is 0 Å². The number of nitrogens with zero attached hydrogens (tertiary/aromatic N) is 3. The van der Waals surface area contributed by atoms with Gasteiger partial charge in [-0.05, 0) is 18.9 Å². The second-order valence-corrected chi connectivity index (χ2v) is 7.69. The summed E-state index contributed by atoms with van der Waals surface area (Å²) in [5.41, 5.74) is -0.273. The molecule has 2 saturated heterocycles. The zero-order valence-electron chi connectivity index (χ0n) is 14.9. The molecule has 140 valence electrons. The van der Waals surface area contributed by atoms with E-state index in [4.69, 9.17) is 11.2 Å². The first-order valence-electron chi connectivity index (χ1n) is 9.37. The van der Waals surface area contributed by atoms with Crippen LogP contribution in [0.5, 0.6) is 5.75 Å². The summed E-state index contributed by atoms with van der Waals surface area (Å²) in [6.07, 6.45) is 9.52. The van der Waals surface area contributed by atoms with E-state index in [-0.39, 0.29) is 30.1 Å². The molecule has 3 heterocycles. The number of hydrogen-bond donors (Lipinski definition) is 0. The van der Waals surface area contributed by atoms with Crippen LogP contribution in [0.4, 0.5) is 15.8 Å². The van der Waals surface area contributed by atoms with E-state index in [2.05, 4.69) is 10.8 Å². The molecule has 1 aromatic rings. The number of terminal acetylenes is 1. The average molecular weight is 369 g/mol. The minimum absolute atomic E-state index is 0.0845. The maximum absolute atomic E-state index is 14.9. The zero-order chi connectivity index (χ0) is 18.8. The fraction of sp³-hybridized carbons (Fsp3) is 0.500. The summed E-state index contributed by atoms with van der Waals surface area (Å²) in [5.74, 6) is 2.02. The van der Waals surface area contributed by atoms with Gasteiger partial charge in [0, 0.05) is 25.5 Å². The van der Waals surface area contributed by atoms with Crippen molar-refractivity contribution in [2.75, 3.05) is 29.6 Å². The van der Waals surface area contributed by atoms with E-state index in [0.29, 0.717) is 30.9 Å². The number of ether oxygens (including phenoxy) is 1. The van der Waals surface area contributed by atoms with Gasteiger partial charge in [-0.25, -0.2) is 4.39 Å². The van der Waals surface area contributed by atoms with Crippen molar-refractivity contribution in [2.24, 2.45) is 0 Å². The summed E-state index contributed by atoms with van der Waals surface area (Å²) in [7, 11) is 0. The predicted molar refractivity (Wildman–Crippen MR) is 96.9 cm³/mol. The second-order valence-electron chi connectivity index (χ2n) is 7.69. The molecule has 1 aliphatic carbocycles. The third-order valence-electron chi connectivity index (χ3n) is 5.99. The van der Waals surface area contributed by atoms with Crippen molar-refractivity contribution < 1.29 is 18.7 Å². The van der Waals surface area contributed by atoms with Gasteiger partial charge in [-0.2, -0.15) is 0 Å². The van der Waals surface area contributed by atoms with Crippen molar-refractivity contribution >= 4 is 23.2 Å². The van der Waals surface area contributed by atoms with Crippen LogP contribution in [0.15, 0.2) is 12.1 Å². The van der Waals surface area contributed by atoms with Crippen LogP contribution in [-0.2, 0) is 9.59 Å². The maximum Gasteiger partial charge on any atom is 0.272 e. The number of amides is 2. The number of halogens is 1. The van der Waals surface area contributed by atoms with Crippen molar-refractivity contribution in [3.05, 3.63) is 17.9 Å².